The van der Waals surface area contributed by atoms with Crippen molar-refractivity contribution in [2.24, 2.45) is 0 Å². The summed E-state index contributed by atoms with van der Waals surface area (Å²) in [5, 5.41) is 9.69. The van der Waals surface area contributed by atoms with Crippen molar-refractivity contribution in [1.82, 2.24) is 30.0 Å². The zero-order chi connectivity index (χ0) is 19.2. The predicted molar refractivity (Wildman–Crippen MR) is 102 cm³/mol. The standard InChI is InChI=1S/C18H20N8O2/c27-18(22-10-14-2-1-5-20-17(14)26-13-19-12-23-26)24-15-3-4-16(21-11-15)25-6-8-28-9-7-25/h1-5,11-13H,6-10H2,(H2,22,24,27). The first kappa shape index (κ1) is 17.9. The van der Waals surface area contributed by atoms with Gasteiger partial charge in [-0.15, -0.1) is 0 Å². The van der Waals surface area contributed by atoms with Crippen molar-refractivity contribution < 1.29 is 9.53 Å². The van der Waals surface area contributed by atoms with Gasteiger partial charge < -0.3 is 20.3 Å². The average Bonchev–Trinajstić information content (AvgIpc) is 3.28. The number of nitrogens with zero attached hydrogens (tertiary/aromatic N) is 6. The van der Waals surface area contributed by atoms with Crippen LogP contribution >= 0.6 is 0 Å². The number of morpholine rings is 1. The summed E-state index contributed by atoms with van der Waals surface area (Å²) in [4.78, 5) is 27.0. The molecule has 10 heteroatoms. The average molecular weight is 380 g/mol. The van der Waals surface area contributed by atoms with Crippen LogP contribution in [0.4, 0.5) is 16.3 Å². The Labute approximate surface area is 161 Å². The summed E-state index contributed by atoms with van der Waals surface area (Å²) in [5.41, 5.74) is 1.45. The van der Waals surface area contributed by atoms with Gasteiger partial charge in [0.2, 0.25) is 0 Å². The van der Waals surface area contributed by atoms with Gasteiger partial charge in [-0.1, -0.05) is 6.07 Å². The summed E-state index contributed by atoms with van der Waals surface area (Å²) < 4.78 is 6.90. The van der Waals surface area contributed by atoms with Crippen molar-refractivity contribution in [3.8, 4) is 5.82 Å². The highest BCUT2D eigenvalue weighted by Crippen LogP contribution is 2.15. The highest BCUT2D eigenvalue weighted by Gasteiger charge is 2.13. The monoisotopic (exact) mass is 380 g/mol. The molecular weight excluding hydrogens is 360 g/mol. The Hall–Kier alpha value is -3.53. The second-order valence-corrected chi connectivity index (χ2v) is 6.14. The first-order valence-electron chi connectivity index (χ1n) is 8.92. The molecule has 0 unspecified atom stereocenters. The van der Waals surface area contributed by atoms with Crippen LogP contribution < -0.4 is 15.5 Å². The van der Waals surface area contributed by atoms with Crippen LogP contribution in [0.15, 0.2) is 49.3 Å². The van der Waals surface area contributed by atoms with Crippen LogP contribution in [0.25, 0.3) is 5.82 Å². The number of anilines is 2. The summed E-state index contributed by atoms with van der Waals surface area (Å²) in [6.45, 7) is 3.34. The third-order valence-electron chi connectivity index (χ3n) is 4.28. The van der Waals surface area contributed by atoms with E-state index in [0.29, 0.717) is 31.3 Å². The zero-order valence-electron chi connectivity index (χ0n) is 15.2. The Morgan fingerprint density at radius 2 is 2.07 bits per heavy atom. The molecule has 2 N–H and O–H groups in total. The minimum Gasteiger partial charge on any atom is -0.378 e. The fraction of sp³-hybridized carbons (Fsp3) is 0.278. The fourth-order valence-electron chi connectivity index (χ4n) is 2.88. The molecule has 4 rings (SSSR count). The largest absolute Gasteiger partial charge is 0.378 e. The molecule has 0 spiro atoms. The summed E-state index contributed by atoms with van der Waals surface area (Å²) in [7, 11) is 0. The molecule has 0 bridgehead atoms. The van der Waals surface area contributed by atoms with Crippen LogP contribution in [-0.2, 0) is 11.3 Å². The third-order valence-corrected chi connectivity index (χ3v) is 4.28. The molecule has 0 saturated carbocycles. The number of rotatable bonds is 5. The maximum absolute atomic E-state index is 12.2. The van der Waals surface area contributed by atoms with Crippen molar-refractivity contribution in [1.29, 1.82) is 0 Å². The van der Waals surface area contributed by atoms with E-state index in [1.807, 2.05) is 24.3 Å². The van der Waals surface area contributed by atoms with E-state index in [9.17, 15) is 4.79 Å². The fourth-order valence-corrected chi connectivity index (χ4v) is 2.88. The molecule has 10 nitrogen and oxygen atoms in total. The number of aromatic nitrogens is 5. The molecule has 0 aliphatic carbocycles. The lowest BCUT2D eigenvalue weighted by atomic mass is 10.2. The number of amides is 2. The molecule has 1 saturated heterocycles. The highest BCUT2D eigenvalue weighted by molar-refractivity contribution is 5.89. The normalized spacial score (nSPS) is 13.9. The van der Waals surface area contributed by atoms with Crippen molar-refractivity contribution in [2.75, 3.05) is 36.5 Å². The number of ether oxygens (including phenoxy) is 1. The van der Waals surface area contributed by atoms with Crippen LogP contribution in [0.2, 0.25) is 0 Å². The molecule has 0 aromatic carbocycles. The summed E-state index contributed by atoms with van der Waals surface area (Å²) >= 11 is 0. The van der Waals surface area contributed by atoms with Gasteiger partial charge >= 0.3 is 6.03 Å². The van der Waals surface area contributed by atoms with Crippen LogP contribution in [0, 0.1) is 0 Å². The molecule has 4 heterocycles. The van der Waals surface area contributed by atoms with E-state index in [1.54, 1.807) is 23.4 Å². The van der Waals surface area contributed by atoms with Gasteiger partial charge in [0.05, 0.1) is 25.1 Å². The Kier molecular flexibility index (Phi) is 5.38. The van der Waals surface area contributed by atoms with Crippen molar-refractivity contribution in [3.63, 3.8) is 0 Å². The van der Waals surface area contributed by atoms with Gasteiger partial charge in [-0.25, -0.2) is 24.4 Å². The topological polar surface area (TPSA) is 110 Å². The minimum absolute atomic E-state index is 0.300. The molecule has 0 radical (unpaired) electrons. The van der Waals surface area contributed by atoms with E-state index >= 15 is 0 Å². The lowest BCUT2D eigenvalue weighted by Crippen LogP contribution is -2.36. The smallest absolute Gasteiger partial charge is 0.319 e. The van der Waals surface area contributed by atoms with Gasteiger partial charge in [0.15, 0.2) is 5.82 Å². The first-order valence-corrected chi connectivity index (χ1v) is 8.92. The molecule has 3 aromatic rings. The lowest BCUT2D eigenvalue weighted by molar-refractivity contribution is 0.122. The Morgan fingerprint density at radius 1 is 1.18 bits per heavy atom. The van der Waals surface area contributed by atoms with E-state index < -0.39 is 0 Å². The molecule has 1 fully saturated rings. The summed E-state index contributed by atoms with van der Waals surface area (Å²) in [5.74, 6) is 1.50. The molecule has 144 valence electrons. The van der Waals surface area contributed by atoms with Crippen LogP contribution in [0.3, 0.4) is 0 Å². The maximum Gasteiger partial charge on any atom is 0.319 e. The third kappa shape index (κ3) is 4.23. The predicted octanol–water partition coefficient (Wildman–Crippen LogP) is 1.22. The molecular formula is C18H20N8O2. The van der Waals surface area contributed by atoms with Crippen molar-refractivity contribution >= 4 is 17.5 Å². The van der Waals surface area contributed by atoms with Gasteiger partial charge in [-0.3, -0.25) is 0 Å². The molecule has 3 aromatic heterocycles. The maximum atomic E-state index is 12.2. The van der Waals surface area contributed by atoms with Gasteiger partial charge in [0, 0.05) is 31.4 Å². The molecule has 2 amide bonds. The minimum atomic E-state index is -0.325. The first-order chi connectivity index (χ1) is 13.8. The number of nitrogens with one attached hydrogen (secondary N) is 2. The van der Waals surface area contributed by atoms with Crippen LogP contribution in [-0.4, -0.2) is 57.1 Å². The van der Waals surface area contributed by atoms with E-state index in [1.165, 1.54) is 6.33 Å². The lowest BCUT2D eigenvalue weighted by Gasteiger charge is -2.27. The van der Waals surface area contributed by atoms with E-state index in [4.69, 9.17) is 4.74 Å². The molecule has 0 atom stereocenters. The zero-order valence-corrected chi connectivity index (χ0v) is 15.2. The highest BCUT2D eigenvalue weighted by atomic mass is 16.5. The second-order valence-electron chi connectivity index (χ2n) is 6.14. The number of urea groups is 1. The second kappa shape index (κ2) is 8.44. The Morgan fingerprint density at radius 3 is 2.82 bits per heavy atom. The number of carbonyl (C=O) groups excluding carboxylic acids is 1. The number of hydrogen-bond acceptors (Lipinski definition) is 7. The van der Waals surface area contributed by atoms with Gasteiger partial charge in [-0.05, 0) is 18.2 Å². The van der Waals surface area contributed by atoms with Crippen molar-refractivity contribution in [3.05, 3.63) is 54.9 Å². The van der Waals surface area contributed by atoms with Crippen LogP contribution in [0.5, 0.6) is 0 Å². The Bertz CT molecular complexity index is 908. The van der Waals surface area contributed by atoms with Crippen LogP contribution in [0.1, 0.15) is 5.56 Å². The summed E-state index contributed by atoms with van der Waals surface area (Å²) in [6.07, 6.45) is 6.32. The van der Waals surface area contributed by atoms with E-state index in [2.05, 4.69) is 35.6 Å². The SMILES string of the molecule is O=C(NCc1cccnc1-n1cncn1)Nc1ccc(N2CCOCC2)nc1. The Balaban J connectivity index is 1.34. The molecule has 28 heavy (non-hydrogen) atoms. The van der Waals surface area contributed by atoms with Gasteiger partial charge in [-0.2, -0.15) is 5.10 Å². The number of carbonyl (C=O) groups is 1. The van der Waals surface area contributed by atoms with Gasteiger partial charge in [0.1, 0.15) is 18.5 Å². The quantitative estimate of drug-likeness (QED) is 0.685. The number of pyridine rings is 2. The number of hydrogen-bond donors (Lipinski definition) is 2. The van der Waals surface area contributed by atoms with E-state index in [-0.39, 0.29) is 6.03 Å². The van der Waals surface area contributed by atoms with E-state index in [0.717, 1.165) is 24.5 Å². The molecule has 1 aliphatic heterocycles. The summed E-state index contributed by atoms with van der Waals surface area (Å²) in [6, 6.07) is 7.09. The van der Waals surface area contributed by atoms with Gasteiger partial charge in [0.25, 0.3) is 0 Å². The van der Waals surface area contributed by atoms with Crippen molar-refractivity contribution in [2.45, 2.75) is 6.54 Å². The molecule has 1 aliphatic rings.